The van der Waals surface area contributed by atoms with E-state index >= 15 is 0 Å². The molecule has 0 aromatic carbocycles. The topological polar surface area (TPSA) is 35.5 Å². The first-order chi connectivity index (χ1) is 13.1. The Kier molecular flexibility index (Phi) is 5.31. The Hall–Kier alpha value is -0.353. The molecule has 0 aliphatic heterocycles. The summed E-state index contributed by atoms with van der Waals surface area (Å²) in [5.74, 6) is 3.43. The van der Waals surface area contributed by atoms with Gasteiger partial charge in [-0.1, -0.05) is 13.8 Å². The van der Waals surface area contributed by atoms with Gasteiger partial charge in [0.25, 0.3) is 0 Å². The van der Waals surface area contributed by atoms with Crippen molar-refractivity contribution in [1.82, 2.24) is 0 Å². The zero-order valence-corrected chi connectivity index (χ0v) is 20.1. The minimum absolute atomic E-state index is 0.0485. The minimum atomic E-state index is -1.45. The average Bonchev–Trinajstić information content (AvgIpc) is 2.97. The Morgan fingerprint density at radius 3 is 2.25 bits per heavy atom. The van der Waals surface area contributed by atoms with E-state index in [1.807, 2.05) is 0 Å². The van der Waals surface area contributed by atoms with Crippen LogP contribution in [0.3, 0.4) is 0 Å². The Labute approximate surface area is 173 Å². The fourth-order valence-corrected chi connectivity index (χ4v) is 9.57. The SMILES string of the molecule is COC(=O)[C@H]1CCC2C3CC[C@H]4C[C@@H](O[Si](C)(C)C)CC[C@]4(C)C3CC[C@@]21C. The number of hydrogen-bond acceptors (Lipinski definition) is 3. The molecule has 0 saturated heterocycles. The van der Waals surface area contributed by atoms with E-state index < -0.39 is 8.32 Å². The molecule has 0 bridgehead atoms. The molecule has 4 aliphatic carbocycles. The number of fused-ring (bicyclic) bond motifs is 5. The summed E-state index contributed by atoms with van der Waals surface area (Å²) in [5, 5.41) is 0. The second kappa shape index (κ2) is 7.11. The molecule has 3 unspecified atom stereocenters. The molecular weight excluding hydrogens is 364 g/mol. The molecule has 4 aliphatic rings. The van der Waals surface area contributed by atoms with E-state index in [4.69, 9.17) is 9.16 Å². The van der Waals surface area contributed by atoms with E-state index in [1.54, 1.807) is 7.11 Å². The van der Waals surface area contributed by atoms with E-state index in [1.165, 1.54) is 51.4 Å². The molecule has 160 valence electrons. The summed E-state index contributed by atoms with van der Waals surface area (Å²) in [7, 11) is 0.114. The lowest BCUT2D eigenvalue weighted by Crippen LogP contribution is -2.55. The Morgan fingerprint density at radius 2 is 1.57 bits per heavy atom. The minimum Gasteiger partial charge on any atom is -0.469 e. The Morgan fingerprint density at radius 1 is 0.893 bits per heavy atom. The Balaban J connectivity index is 1.51. The van der Waals surface area contributed by atoms with Gasteiger partial charge in [0.1, 0.15) is 0 Å². The highest BCUT2D eigenvalue weighted by Crippen LogP contribution is 2.67. The van der Waals surface area contributed by atoms with Crippen LogP contribution in [0.5, 0.6) is 0 Å². The first kappa shape index (κ1) is 20.9. The van der Waals surface area contributed by atoms with Crippen LogP contribution in [0.1, 0.15) is 71.6 Å². The van der Waals surface area contributed by atoms with Gasteiger partial charge in [-0.15, -0.1) is 0 Å². The molecule has 4 fully saturated rings. The fourth-order valence-electron chi connectivity index (χ4n) is 8.36. The van der Waals surface area contributed by atoms with Crippen LogP contribution in [0.2, 0.25) is 19.6 Å². The lowest BCUT2D eigenvalue weighted by molar-refractivity contribution is -0.157. The van der Waals surface area contributed by atoms with Crippen LogP contribution in [0.15, 0.2) is 0 Å². The summed E-state index contributed by atoms with van der Waals surface area (Å²) in [6, 6.07) is 0. The molecule has 28 heavy (non-hydrogen) atoms. The molecule has 0 heterocycles. The van der Waals surface area contributed by atoms with Crippen LogP contribution in [0.4, 0.5) is 0 Å². The number of rotatable bonds is 3. The molecule has 8 atom stereocenters. The number of carbonyl (C=O) groups excluding carboxylic acids is 1. The van der Waals surface area contributed by atoms with Crippen LogP contribution >= 0.6 is 0 Å². The predicted molar refractivity (Wildman–Crippen MR) is 115 cm³/mol. The van der Waals surface area contributed by atoms with Crippen LogP contribution in [-0.2, 0) is 14.0 Å². The van der Waals surface area contributed by atoms with Crippen molar-refractivity contribution >= 4 is 14.3 Å². The van der Waals surface area contributed by atoms with Crippen LogP contribution in [0, 0.1) is 40.4 Å². The number of carbonyl (C=O) groups is 1. The predicted octanol–water partition coefficient (Wildman–Crippen LogP) is 6.04. The summed E-state index contributed by atoms with van der Waals surface area (Å²) in [4.78, 5) is 12.4. The van der Waals surface area contributed by atoms with Gasteiger partial charge in [-0.2, -0.15) is 0 Å². The number of methoxy groups -OCH3 is 1. The average molecular weight is 407 g/mol. The van der Waals surface area contributed by atoms with Gasteiger partial charge in [-0.3, -0.25) is 4.79 Å². The number of ether oxygens (including phenoxy) is 1. The fraction of sp³-hybridized carbons (Fsp3) is 0.958. The zero-order valence-electron chi connectivity index (χ0n) is 19.1. The summed E-state index contributed by atoms with van der Waals surface area (Å²) in [6.07, 6.45) is 12.0. The highest BCUT2D eigenvalue weighted by molar-refractivity contribution is 6.69. The molecule has 0 amide bonds. The van der Waals surface area contributed by atoms with Crippen molar-refractivity contribution in [2.24, 2.45) is 40.4 Å². The number of esters is 1. The van der Waals surface area contributed by atoms with E-state index in [0.717, 1.165) is 30.1 Å². The smallest absolute Gasteiger partial charge is 0.309 e. The maximum absolute atomic E-state index is 12.4. The standard InChI is InChI=1S/C24H42O3Si/c1-23-13-11-17(27-28(4,5)6)15-16(23)7-8-18-19-9-10-21(22(25)26-3)24(19,2)14-12-20(18)23/h16-21H,7-15H2,1-6H3/t16-,17-,18?,19?,20?,21+,23-,24-/m0/s1. The molecule has 0 spiro atoms. The van der Waals surface area contributed by atoms with Gasteiger partial charge in [0.05, 0.1) is 13.0 Å². The molecular formula is C24H42O3Si. The number of hydrogen-bond donors (Lipinski definition) is 0. The van der Waals surface area contributed by atoms with Crippen LogP contribution < -0.4 is 0 Å². The zero-order chi connectivity index (χ0) is 20.3. The van der Waals surface area contributed by atoms with Gasteiger partial charge in [0.15, 0.2) is 8.32 Å². The molecule has 0 aromatic heterocycles. The summed E-state index contributed by atoms with van der Waals surface area (Å²) < 4.78 is 11.7. The lowest BCUT2D eigenvalue weighted by Gasteiger charge is -2.61. The van der Waals surface area contributed by atoms with Gasteiger partial charge in [0.2, 0.25) is 0 Å². The maximum atomic E-state index is 12.4. The van der Waals surface area contributed by atoms with E-state index in [9.17, 15) is 4.79 Å². The van der Waals surface area contributed by atoms with Gasteiger partial charge < -0.3 is 9.16 Å². The molecule has 4 heteroatoms. The quantitative estimate of drug-likeness (QED) is 0.423. The third-order valence-corrected chi connectivity index (χ3v) is 10.7. The van der Waals surface area contributed by atoms with Crippen molar-refractivity contribution in [3.05, 3.63) is 0 Å². The van der Waals surface area contributed by atoms with E-state index in [2.05, 4.69) is 33.5 Å². The molecule has 0 aromatic rings. The van der Waals surface area contributed by atoms with Crippen molar-refractivity contribution in [3.63, 3.8) is 0 Å². The third kappa shape index (κ3) is 3.31. The van der Waals surface area contributed by atoms with Crippen molar-refractivity contribution in [2.75, 3.05) is 7.11 Å². The first-order valence-electron chi connectivity index (χ1n) is 11.8. The van der Waals surface area contributed by atoms with E-state index in [0.29, 0.717) is 11.5 Å². The summed E-state index contributed by atoms with van der Waals surface area (Å²) >= 11 is 0. The maximum Gasteiger partial charge on any atom is 0.309 e. The van der Waals surface area contributed by atoms with Gasteiger partial charge in [-0.05, 0) is 112 Å². The molecule has 0 radical (unpaired) electrons. The summed E-state index contributed by atoms with van der Waals surface area (Å²) in [5.41, 5.74) is 0.669. The van der Waals surface area contributed by atoms with Gasteiger partial charge >= 0.3 is 5.97 Å². The van der Waals surface area contributed by atoms with Crippen molar-refractivity contribution < 1.29 is 14.0 Å². The van der Waals surface area contributed by atoms with Crippen LogP contribution in [0.25, 0.3) is 0 Å². The second-order valence-electron chi connectivity index (χ2n) is 12.0. The normalized spacial score (nSPS) is 48.4. The first-order valence-corrected chi connectivity index (χ1v) is 15.2. The van der Waals surface area contributed by atoms with Crippen molar-refractivity contribution in [1.29, 1.82) is 0 Å². The van der Waals surface area contributed by atoms with E-state index in [-0.39, 0.29) is 17.3 Å². The molecule has 4 saturated carbocycles. The molecule has 0 N–H and O–H groups in total. The van der Waals surface area contributed by atoms with Crippen molar-refractivity contribution in [3.8, 4) is 0 Å². The molecule has 4 rings (SSSR count). The highest BCUT2D eigenvalue weighted by Gasteiger charge is 2.61. The van der Waals surface area contributed by atoms with Crippen molar-refractivity contribution in [2.45, 2.75) is 97.4 Å². The molecule has 3 nitrogen and oxygen atoms in total. The monoisotopic (exact) mass is 406 g/mol. The highest BCUT2D eigenvalue weighted by atomic mass is 28.4. The van der Waals surface area contributed by atoms with Gasteiger partial charge in [-0.25, -0.2) is 0 Å². The largest absolute Gasteiger partial charge is 0.469 e. The third-order valence-electron chi connectivity index (χ3n) is 9.62. The van der Waals surface area contributed by atoms with Crippen LogP contribution in [-0.4, -0.2) is 27.5 Å². The second-order valence-corrected chi connectivity index (χ2v) is 16.4. The Bertz CT molecular complexity index is 613. The lowest BCUT2D eigenvalue weighted by atomic mass is 9.44. The summed E-state index contributed by atoms with van der Waals surface area (Å²) in [6.45, 7) is 12.0. The van der Waals surface area contributed by atoms with Gasteiger partial charge in [0, 0.05) is 6.10 Å².